The van der Waals surface area contributed by atoms with Crippen LogP contribution in [0.2, 0.25) is 0 Å². The predicted molar refractivity (Wildman–Crippen MR) is 69.3 cm³/mol. The van der Waals surface area contributed by atoms with E-state index in [4.69, 9.17) is 4.74 Å². The van der Waals surface area contributed by atoms with Crippen molar-refractivity contribution in [2.45, 2.75) is 25.0 Å². The van der Waals surface area contributed by atoms with Crippen LogP contribution in [0.25, 0.3) is 0 Å². The highest BCUT2D eigenvalue weighted by molar-refractivity contribution is 6.01. The fraction of sp³-hybridized carbons (Fsp3) is 0.400. The molecular formula is C15H13NO6-2. The minimum atomic E-state index is -1.42. The zero-order valence-electron chi connectivity index (χ0n) is 11.5. The Hall–Kier alpha value is -2.41. The van der Waals surface area contributed by atoms with E-state index < -0.39 is 41.9 Å². The first-order chi connectivity index (χ1) is 10.5. The molecule has 2 fully saturated rings. The van der Waals surface area contributed by atoms with Crippen molar-refractivity contribution < 1.29 is 29.3 Å². The molecule has 2 aliphatic rings. The second kappa shape index (κ2) is 5.42. The molecule has 0 radical (unpaired) electrons. The molecule has 2 aliphatic heterocycles. The van der Waals surface area contributed by atoms with Gasteiger partial charge in [0.05, 0.1) is 24.1 Å². The summed E-state index contributed by atoms with van der Waals surface area (Å²) in [6.45, 7) is 0. The molecule has 1 amide bonds. The van der Waals surface area contributed by atoms with Crippen LogP contribution in [0.4, 0.5) is 5.69 Å². The first-order valence-corrected chi connectivity index (χ1v) is 6.96. The van der Waals surface area contributed by atoms with Gasteiger partial charge in [0.2, 0.25) is 5.91 Å². The van der Waals surface area contributed by atoms with Gasteiger partial charge in [0.25, 0.3) is 0 Å². The number of rotatable bonds is 4. The van der Waals surface area contributed by atoms with E-state index in [0.29, 0.717) is 12.8 Å². The number of ether oxygens (including phenoxy) is 1. The number of carboxylic acid groups (broad SMARTS) is 2. The lowest BCUT2D eigenvalue weighted by atomic mass is 9.78. The Morgan fingerprint density at radius 3 is 2.32 bits per heavy atom. The van der Waals surface area contributed by atoms with Crippen molar-refractivity contribution >= 4 is 23.5 Å². The van der Waals surface area contributed by atoms with Crippen molar-refractivity contribution in [3.8, 4) is 0 Å². The SMILES string of the molecule is O=C([O-])c1ccccc1NC(=O)[C@@H]1[C@@H](C(=O)[O-])[C@H]2CC[C@@H]1O2. The minimum Gasteiger partial charge on any atom is -0.550 e. The molecular weight excluding hydrogens is 290 g/mol. The van der Waals surface area contributed by atoms with Gasteiger partial charge in [0.15, 0.2) is 0 Å². The largest absolute Gasteiger partial charge is 0.550 e. The third-order valence-electron chi connectivity index (χ3n) is 4.25. The number of carbonyl (C=O) groups is 3. The van der Waals surface area contributed by atoms with Crippen molar-refractivity contribution in [2.24, 2.45) is 11.8 Å². The number of amides is 1. The van der Waals surface area contributed by atoms with Crippen LogP contribution < -0.4 is 15.5 Å². The second-order valence-corrected chi connectivity index (χ2v) is 5.48. The van der Waals surface area contributed by atoms with Crippen molar-refractivity contribution in [2.75, 3.05) is 5.32 Å². The number of fused-ring (bicyclic) bond motifs is 2. The summed E-state index contributed by atoms with van der Waals surface area (Å²) in [4.78, 5) is 34.7. The monoisotopic (exact) mass is 303 g/mol. The van der Waals surface area contributed by atoms with Crippen LogP contribution >= 0.6 is 0 Å². The Balaban J connectivity index is 1.83. The van der Waals surface area contributed by atoms with Gasteiger partial charge < -0.3 is 29.9 Å². The molecule has 7 heteroatoms. The minimum absolute atomic E-state index is 0.0763. The van der Waals surface area contributed by atoms with Gasteiger partial charge in [-0.2, -0.15) is 0 Å². The molecule has 1 N–H and O–H groups in total. The number of nitrogens with one attached hydrogen (secondary N) is 1. The highest BCUT2D eigenvalue weighted by Gasteiger charge is 2.52. The molecule has 1 aromatic carbocycles. The summed E-state index contributed by atoms with van der Waals surface area (Å²) in [7, 11) is 0. The fourth-order valence-electron chi connectivity index (χ4n) is 3.30. The molecule has 7 nitrogen and oxygen atoms in total. The lowest BCUT2D eigenvalue weighted by molar-refractivity contribution is -0.313. The molecule has 0 aliphatic carbocycles. The molecule has 116 valence electrons. The van der Waals surface area contributed by atoms with Crippen molar-refractivity contribution in [3.05, 3.63) is 29.8 Å². The van der Waals surface area contributed by atoms with Crippen LogP contribution in [-0.4, -0.2) is 30.1 Å². The van der Waals surface area contributed by atoms with Crippen LogP contribution in [0.1, 0.15) is 23.2 Å². The average molecular weight is 303 g/mol. The van der Waals surface area contributed by atoms with E-state index in [1.54, 1.807) is 6.07 Å². The smallest absolute Gasteiger partial charge is 0.230 e. The maximum absolute atomic E-state index is 12.4. The van der Waals surface area contributed by atoms with E-state index in [9.17, 15) is 24.6 Å². The third kappa shape index (κ3) is 2.33. The maximum atomic E-state index is 12.4. The van der Waals surface area contributed by atoms with E-state index in [2.05, 4.69) is 5.32 Å². The Labute approximate surface area is 125 Å². The van der Waals surface area contributed by atoms with E-state index >= 15 is 0 Å². The Morgan fingerprint density at radius 1 is 1.05 bits per heavy atom. The molecule has 2 saturated heterocycles. The number of hydrogen-bond acceptors (Lipinski definition) is 6. The Kier molecular flexibility index (Phi) is 3.58. The Morgan fingerprint density at radius 2 is 1.68 bits per heavy atom. The second-order valence-electron chi connectivity index (χ2n) is 5.48. The van der Waals surface area contributed by atoms with Gasteiger partial charge >= 0.3 is 0 Å². The summed E-state index contributed by atoms with van der Waals surface area (Å²) in [5.74, 6) is -5.19. The van der Waals surface area contributed by atoms with Crippen molar-refractivity contribution in [1.82, 2.24) is 0 Å². The number of carboxylic acids is 2. The highest BCUT2D eigenvalue weighted by Crippen LogP contribution is 2.43. The number of aromatic carboxylic acids is 1. The highest BCUT2D eigenvalue weighted by atomic mass is 16.5. The van der Waals surface area contributed by atoms with Gasteiger partial charge in [-0.05, 0) is 18.9 Å². The normalized spacial score (nSPS) is 29.3. The van der Waals surface area contributed by atoms with E-state index in [1.807, 2.05) is 0 Å². The van der Waals surface area contributed by atoms with Crippen molar-refractivity contribution in [1.29, 1.82) is 0 Å². The number of hydrogen-bond donors (Lipinski definition) is 1. The molecule has 2 bridgehead atoms. The van der Waals surface area contributed by atoms with Crippen LogP contribution in [0, 0.1) is 11.8 Å². The van der Waals surface area contributed by atoms with Gasteiger partial charge in [-0.3, -0.25) is 4.79 Å². The van der Waals surface area contributed by atoms with E-state index in [0.717, 1.165) is 0 Å². The molecule has 1 aromatic rings. The molecule has 22 heavy (non-hydrogen) atoms. The van der Waals surface area contributed by atoms with Crippen LogP contribution in [0.3, 0.4) is 0 Å². The average Bonchev–Trinajstić information content (AvgIpc) is 3.08. The molecule has 3 rings (SSSR count). The zero-order chi connectivity index (χ0) is 15.9. The van der Waals surface area contributed by atoms with Gasteiger partial charge in [-0.15, -0.1) is 0 Å². The number of benzene rings is 1. The number of anilines is 1. The zero-order valence-corrected chi connectivity index (χ0v) is 11.5. The summed E-state index contributed by atoms with van der Waals surface area (Å²) < 4.78 is 5.48. The van der Waals surface area contributed by atoms with Gasteiger partial charge in [0, 0.05) is 23.1 Å². The molecule has 0 spiro atoms. The summed E-state index contributed by atoms with van der Waals surface area (Å²) in [5.41, 5.74) is -0.0858. The van der Waals surface area contributed by atoms with Gasteiger partial charge in [-0.25, -0.2) is 0 Å². The first kappa shape index (κ1) is 14.5. The van der Waals surface area contributed by atoms with E-state index in [-0.39, 0.29) is 11.3 Å². The summed E-state index contributed by atoms with van der Waals surface area (Å²) in [6, 6.07) is 5.80. The lowest BCUT2D eigenvalue weighted by Crippen LogP contribution is -2.46. The lowest BCUT2D eigenvalue weighted by Gasteiger charge is -2.28. The number of para-hydroxylation sites is 1. The number of carbonyl (C=O) groups excluding carboxylic acids is 3. The van der Waals surface area contributed by atoms with E-state index in [1.165, 1.54) is 18.2 Å². The fourth-order valence-corrected chi connectivity index (χ4v) is 3.30. The Bertz CT molecular complexity index is 643. The van der Waals surface area contributed by atoms with Crippen LogP contribution in [-0.2, 0) is 14.3 Å². The van der Waals surface area contributed by atoms with Gasteiger partial charge in [-0.1, -0.05) is 18.2 Å². The number of aliphatic carboxylic acids is 1. The summed E-state index contributed by atoms with van der Waals surface area (Å²) in [6.07, 6.45) is 0.211. The molecule has 0 saturated carbocycles. The standard InChI is InChI=1S/C15H15NO6/c17-13(16-8-4-2-1-3-7(8)14(18)19)11-9-5-6-10(22-9)12(11)15(20)21/h1-4,9-12H,5-6H2,(H,16,17)(H,18,19)(H,20,21)/p-2/t9-,10+,11-,12-/m0/s1. The van der Waals surface area contributed by atoms with Gasteiger partial charge in [0.1, 0.15) is 0 Å². The van der Waals surface area contributed by atoms with Crippen LogP contribution in [0.5, 0.6) is 0 Å². The third-order valence-corrected chi connectivity index (χ3v) is 4.25. The maximum Gasteiger partial charge on any atom is 0.230 e. The van der Waals surface area contributed by atoms with Crippen molar-refractivity contribution in [3.63, 3.8) is 0 Å². The first-order valence-electron chi connectivity index (χ1n) is 6.96. The summed E-state index contributed by atoms with van der Waals surface area (Å²) in [5, 5.41) is 24.8. The van der Waals surface area contributed by atoms with Crippen LogP contribution in [0.15, 0.2) is 24.3 Å². The predicted octanol–water partition coefficient (Wildman–Crippen LogP) is -1.47. The molecule has 4 atom stereocenters. The molecule has 2 heterocycles. The molecule has 0 aromatic heterocycles. The molecule has 0 unspecified atom stereocenters. The quantitative estimate of drug-likeness (QED) is 0.725. The summed E-state index contributed by atoms with van der Waals surface area (Å²) >= 11 is 0. The topological polar surface area (TPSA) is 119 Å².